The summed E-state index contributed by atoms with van der Waals surface area (Å²) in [6.07, 6.45) is 6.39. The Balaban J connectivity index is 2.29. The fourth-order valence-corrected chi connectivity index (χ4v) is 2.49. The summed E-state index contributed by atoms with van der Waals surface area (Å²) >= 11 is 0. The van der Waals surface area contributed by atoms with E-state index in [2.05, 4.69) is 13.8 Å². The maximum Gasteiger partial charge on any atom is 0.222 e. The summed E-state index contributed by atoms with van der Waals surface area (Å²) in [5.74, 6) is 1.54. The Morgan fingerprint density at radius 1 is 1.35 bits per heavy atom. The molecule has 3 nitrogen and oxygen atoms in total. The lowest BCUT2D eigenvalue weighted by Crippen LogP contribution is -2.41. The predicted octanol–water partition coefficient (Wildman–Crippen LogP) is 2.40. The van der Waals surface area contributed by atoms with Gasteiger partial charge in [0.25, 0.3) is 0 Å². The van der Waals surface area contributed by atoms with Crippen LogP contribution in [0.15, 0.2) is 0 Å². The van der Waals surface area contributed by atoms with Gasteiger partial charge in [0, 0.05) is 19.5 Å². The first-order valence-corrected chi connectivity index (χ1v) is 7.02. The summed E-state index contributed by atoms with van der Waals surface area (Å²) in [7, 11) is 1.96. The van der Waals surface area contributed by atoms with Crippen molar-refractivity contribution in [1.29, 1.82) is 0 Å². The molecule has 1 aliphatic carbocycles. The van der Waals surface area contributed by atoms with E-state index in [9.17, 15) is 4.79 Å². The van der Waals surface area contributed by atoms with Crippen LogP contribution in [0.5, 0.6) is 0 Å². The Bertz CT molecular complexity index is 236. The summed E-state index contributed by atoms with van der Waals surface area (Å²) in [6, 6.07) is 0.523. The number of nitrogens with zero attached hydrogens (tertiary/aromatic N) is 1. The van der Waals surface area contributed by atoms with Crippen LogP contribution in [0.1, 0.15) is 52.4 Å². The van der Waals surface area contributed by atoms with Gasteiger partial charge in [-0.3, -0.25) is 4.79 Å². The van der Waals surface area contributed by atoms with Gasteiger partial charge in [0.05, 0.1) is 0 Å². The van der Waals surface area contributed by atoms with E-state index in [-0.39, 0.29) is 0 Å². The lowest BCUT2D eigenvalue weighted by atomic mass is 9.87. The largest absolute Gasteiger partial charge is 0.343 e. The van der Waals surface area contributed by atoms with Crippen LogP contribution in [-0.4, -0.2) is 30.4 Å². The third kappa shape index (κ3) is 4.30. The van der Waals surface area contributed by atoms with Gasteiger partial charge in [0.2, 0.25) is 5.91 Å². The molecule has 0 bridgehead atoms. The Morgan fingerprint density at radius 3 is 2.41 bits per heavy atom. The van der Waals surface area contributed by atoms with E-state index in [0.717, 1.165) is 19.4 Å². The van der Waals surface area contributed by atoms with Crippen LogP contribution in [0.2, 0.25) is 0 Å². The number of amides is 1. The molecule has 17 heavy (non-hydrogen) atoms. The molecule has 3 heteroatoms. The van der Waals surface area contributed by atoms with Crippen molar-refractivity contribution in [3.05, 3.63) is 0 Å². The third-order valence-corrected chi connectivity index (χ3v) is 4.23. The van der Waals surface area contributed by atoms with E-state index in [1.807, 2.05) is 11.9 Å². The van der Waals surface area contributed by atoms with E-state index in [1.165, 1.54) is 19.3 Å². The minimum atomic E-state index is 0.317. The monoisotopic (exact) mass is 240 g/mol. The Labute approximate surface area is 106 Å². The Hall–Kier alpha value is -0.570. The second kappa shape index (κ2) is 7.00. The van der Waals surface area contributed by atoms with Crippen molar-refractivity contribution in [2.75, 3.05) is 13.6 Å². The summed E-state index contributed by atoms with van der Waals surface area (Å²) in [5, 5.41) is 0. The molecule has 0 aromatic heterocycles. The van der Waals surface area contributed by atoms with Crippen LogP contribution < -0.4 is 5.73 Å². The van der Waals surface area contributed by atoms with Crippen molar-refractivity contribution >= 4 is 5.91 Å². The van der Waals surface area contributed by atoms with Gasteiger partial charge in [-0.15, -0.1) is 0 Å². The standard InChI is InChI=1S/C14H28N2O/c1-11(2)12(9-10-15)7-8-14(17)16(3)13-5-4-6-13/h11-13H,4-10,15H2,1-3H3. The molecular formula is C14H28N2O. The van der Waals surface area contributed by atoms with Crippen molar-refractivity contribution in [3.63, 3.8) is 0 Å². The molecule has 0 spiro atoms. The minimum Gasteiger partial charge on any atom is -0.343 e. The molecule has 0 saturated heterocycles. The minimum absolute atomic E-state index is 0.317. The third-order valence-electron chi connectivity index (χ3n) is 4.23. The van der Waals surface area contributed by atoms with Crippen LogP contribution in [0, 0.1) is 11.8 Å². The molecule has 0 radical (unpaired) electrons. The zero-order valence-corrected chi connectivity index (χ0v) is 11.6. The van der Waals surface area contributed by atoms with Crippen LogP contribution in [0.3, 0.4) is 0 Å². The molecule has 1 rings (SSSR count). The van der Waals surface area contributed by atoms with Crippen LogP contribution in [0.4, 0.5) is 0 Å². The average molecular weight is 240 g/mol. The van der Waals surface area contributed by atoms with E-state index in [0.29, 0.717) is 30.2 Å². The zero-order valence-electron chi connectivity index (χ0n) is 11.6. The van der Waals surface area contributed by atoms with Crippen LogP contribution in [0.25, 0.3) is 0 Å². The van der Waals surface area contributed by atoms with Gasteiger partial charge in [0.15, 0.2) is 0 Å². The van der Waals surface area contributed by atoms with Crippen molar-refractivity contribution in [1.82, 2.24) is 4.90 Å². The molecule has 2 N–H and O–H groups in total. The van der Waals surface area contributed by atoms with Gasteiger partial charge in [0.1, 0.15) is 0 Å². The van der Waals surface area contributed by atoms with Gasteiger partial charge in [-0.05, 0) is 50.5 Å². The highest BCUT2D eigenvalue weighted by atomic mass is 16.2. The quantitative estimate of drug-likeness (QED) is 0.742. The predicted molar refractivity (Wildman–Crippen MR) is 71.6 cm³/mol. The lowest BCUT2D eigenvalue weighted by molar-refractivity contribution is -0.133. The van der Waals surface area contributed by atoms with Gasteiger partial charge in [-0.25, -0.2) is 0 Å². The molecule has 0 aliphatic heterocycles. The normalized spacial score (nSPS) is 17.9. The van der Waals surface area contributed by atoms with Crippen molar-refractivity contribution in [2.45, 2.75) is 58.4 Å². The van der Waals surface area contributed by atoms with Gasteiger partial charge < -0.3 is 10.6 Å². The van der Waals surface area contributed by atoms with E-state index < -0.39 is 0 Å². The topological polar surface area (TPSA) is 46.3 Å². The van der Waals surface area contributed by atoms with Gasteiger partial charge >= 0.3 is 0 Å². The summed E-state index contributed by atoms with van der Waals surface area (Å²) in [5.41, 5.74) is 5.62. The average Bonchev–Trinajstić information content (AvgIpc) is 2.20. The highest BCUT2D eigenvalue weighted by molar-refractivity contribution is 5.76. The van der Waals surface area contributed by atoms with Gasteiger partial charge in [-0.2, -0.15) is 0 Å². The first-order chi connectivity index (χ1) is 8.06. The molecule has 1 fully saturated rings. The van der Waals surface area contributed by atoms with Gasteiger partial charge in [-0.1, -0.05) is 13.8 Å². The van der Waals surface area contributed by atoms with E-state index in [1.54, 1.807) is 0 Å². The molecule has 0 aromatic rings. The molecule has 100 valence electrons. The van der Waals surface area contributed by atoms with Crippen LogP contribution in [-0.2, 0) is 4.79 Å². The number of carbonyl (C=O) groups excluding carboxylic acids is 1. The fraction of sp³-hybridized carbons (Fsp3) is 0.929. The Kier molecular flexibility index (Phi) is 5.96. The number of hydrogen-bond acceptors (Lipinski definition) is 2. The molecule has 1 aliphatic rings. The number of carbonyl (C=O) groups is 1. The van der Waals surface area contributed by atoms with E-state index in [4.69, 9.17) is 5.73 Å². The van der Waals surface area contributed by atoms with Crippen molar-refractivity contribution < 1.29 is 4.79 Å². The Morgan fingerprint density at radius 2 is 2.00 bits per heavy atom. The summed E-state index contributed by atoms with van der Waals surface area (Å²) < 4.78 is 0. The molecule has 1 unspecified atom stereocenters. The maximum absolute atomic E-state index is 12.0. The molecule has 0 aromatic carbocycles. The highest BCUT2D eigenvalue weighted by Gasteiger charge is 2.25. The SMILES string of the molecule is CC(C)C(CCN)CCC(=O)N(C)C1CCC1. The van der Waals surface area contributed by atoms with Crippen molar-refractivity contribution in [2.24, 2.45) is 17.6 Å². The summed E-state index contributed by atoms with van der Waals surface area (Å²) in [4.78, 5) is 14.0. The first kappa shape index (κ1) is 14.5. The molecule has 1 atom stereocenters. The molecular weight excluding hydrogens is 212 g/mol. The molecule has 0 heterocycles. The van der Waals surface area contributed by atoms with Crippen LogP contribution >= 0.6 is 0 Å². The van der Waals surface area contributed by atoms with E-state index >= 15 is 0 Å². The maximum atomic E-state index is 12.0. The second-order valence-corrected chi connectivity index (χ2v) is 5.71. The number of nitrogens with two attached hydrogens (primary N) is 1. The second-order valence-electron chi connectivity index (χ2n) is 5.71. The first-order valence-electron chi connectivity index (χ1n) is 7.02. The highest BCUT2D eigenvalue weighted by Crippen LogP contribution is 2.25. The zero-order chi connectivity index (χ0) is 12.8. The molecule has 1 saturated carbocycles. The fourth-order valence-electron chi connectivity index (χ4n) is 2.49. The lowest BCUT2D eigenvalue weighted by Gasteiger charge is -2.35. The number of hydrogen-bond donors (Lipinski definition) is 1. The summed E-state index contributed by atoms with van der Waals surface area (Å²) in [6.45, 7) is 5.18. The smallest absolute Gasteiger partial charge is 0.222 e. The molecule has 1 amide bonds. The number of rotatable bonds is 7. The van der Waals surface area contributed by atoms with Crippen molar-refractivity contribution in [3.8, 4) is 0 Å².